The zero-order chi connectivity index (χ0) is 17.8. The maximum atomic E-state index is 12.6. The van der Waals surface area contributed by atoms with Gasteiger partial charge in [-0.3, -0.25) is 9.69 Å². The van der Waals surface area contributed by atoms with Gasteiger partial charge in [0.1, 0.15) is 0 Å². The number of rotatable bonds is 3. The monoisotopic (exact) mass is 359 g/mol. The van der Waals surface area contributed by atoms with E-state index in [0.717, 1.165) is 44.9 Å². The van der Waals surface area contributed by atoms with Crippen LogP contribution < -0.4 is 0 Å². The van der Waals surface area contributed by atoms with Crippen molar-refractivity contribution in [3.05, 3.63) is 11.9 Å². The zero-order valence-corrected chi connectivity index (χ0v) is 16.0. The Labute approximate surface area is 156 Å². The molecule has 0 radical (unpaired) electrons. The molecule has 3 heterocycles. The largest absolute Gasteiger partial charge is 0.337 e. The normalized spacial score (nSPS) is 26.6. The highest BCUT2D eigenvalue weighted by molar-refractivity contribution is 5.91. The number of likely N-dealkylation sites (tertiary alicyclic amines) is 2. The molecule has 4 rings (SSSR count). The van der Waals surface area contributed by atoms with Gasteiger partial charge < -0.3 is 4.90 Å². The van der Waals surface area contributed by atoms with Gasteiger partial charge in [0.2, 0.25) is 0 Å². The van der Waals surface area contributed by atoms with E-state index in [1.54, 1.807) is 0 Å². The number of hydrogen-bond donors (Lipinski definition) is 0. The van der Waals surface area contributed by atoms with Crippen LogP contribution in [0.4, 0.5) is 0 Å². The summed E-state index contributed by atoms with van der Waals surface area (Å²) in [6, 6.07) is 1.11. The van der Waals surface area contributed by atoms with Gasteiger partial charge in [-0.05, 0) is 51.5 Å². The third kappa shape index (κ3) is 4.11. The predicted molar refractivity (Wildman–Crippen MR) is 101 cm³/mol. The van der Waals surface area contributed by atoms with Crippen LogP contribution in [0.15, 0.2) is 6.20 Å². The predicted octanol–water partition coefficient (Wildman–Crippen LogP) is 3.26. The lowest BCUT2D eigenvalue weighted by atomic mass is 10.00. The second-order valence-electron chi connectivity index (χ2n) is 8.37. The first-order chi connectivity index (χ1) is 12.8. The molecule has 1 atom stereocenters. The lowest BCUT2D eigenvalue weighted by Gasteiger charge is -2.38. The SMILES string of the molecule is O=C(c1cn([C@@H]2CCCN(C3CCCCCC3)C2)nn1)N1CCCCC1. The van der Waals surface area contributed by atoms with Crippen molar-refractivity contribution in [3.63, 3.8) is 0 Å². The zero-order valence-electron chi connectivity index (χ0n) is 16.0. The van der Waals surface area contributed by atoms with Gasteiger partial charge in [0.15, 0.2) is 5.69 Å². The van der Waals surface area contributed by atoms with Crippen LogP contribution in [0.25, 0.3) is 0 Å². The van der Waals surface area contributed by atoms with E-state index in [-0.39, 0.29) is 5.91 Å². The summed E-state index contributed by atoms with van der Waals surface area (Å²) >= 11 is 0. The number of carbonyl (C=O) groups is 1. The van der Waals surface area contributed by atoms with E-state index in [9.17, 15) is 4.79 Å². The summed E-state index contributed by atoms with van der Waals surface area (Å²) < 4.78 is 1.97. The minimum absolute atomic E-state index is 0.0624. The first kappa shape index (κ1) is 18.0. The molecule has 3 fully saturated rings. The molecule has 0 spiro atoms. The summed E-state index contributed by atoms with van der Waals surface area (Å²) in [6.45, 7) is 4.01. The van der Waals surface area contributed by atoms with Crippen molar-refractivity contribution in [2.75, 3.05) is 26.2 Å². The van der Waals surface area contributed by atoms with Crippen LogP contribution in [0.1, 0.15) is 87.2 Å². The molecular formula is C20H33N5O. The van der Waals surface area contributed by atoms with E-state index >= 15 is 0 Å². The summed E-state index contributed by atoms with van der Waals surface area (Å²) in [6.07, 6.45) is 16.0. The maximum Gasteiger partial charge on any atom is 0.276 e. The molecule has 1 saturated carbocycles. The fourth-order valence-electron chi connectivity index (χ4n) is 4.97. The van der Waals surface area contributed by atoms with Crippen LogP contribution in [0, 0.1) is 0 Å². The highest BCUT2D eigenvalue weighted by atomic mass is 16.2. The Morgan fingerprint density at radius 3 is 2.31 bits per heavy atom. The van der Waals surface area contributed by atoms with Crippen molar-refractivity contribution in [2.45, 2.75) is 82.7 Å². The third-order valence-corrected chi connectivity index (χ3v) is 6.52. The topological polar surface area (TPSA) is 54.3 Å². The van der Waals surface area contributed by atoms with Gasteiger partial charge in [0.25, 0.3) is 5.91 Å². The molecule has 26 heavy (non-hydrogen) atoms. The van der Waals surface area contributed by atoms with Crippen molar-refractivity contribution in [1.29, 1.82) is 0 Å². The van der Waals surface area contributed by atoms with Gasteiger partial charge in [0.05, 0.1) is 12.2 Å². The fourth-order valence-corrected chi connectivity index (χ4v) is 4.97. The molecule has 6 nitrogen and oxygen atoms in total. The molecule has 2 saturated heterocycles. The summed E-state index contributed by atoms with van der Waals surface area (Å²) in [5, 5.41) is 8.57. The van der Waals surface area contributed by atoms with E-state index in [0.29, 0.717) is 11.7 Å². The summed E-state index contributed by atoms with van der Waals surface area (Å²) in [4.78, 5) is 17.3. The standard InChI is InChI=1S/C20H33N5O/c26-20(23-12-6-3-7-13-23)19-16-25(22-21-19)18-11-8-14-24(15-18)17-9-4-1-2-5-10-17/h16-18H,1-15H2/t18-/m1/s1. The molecule has 1 amide bonds. The van der Waals surface area contributed by atoms with Crippen molar-refractivity contribution in [3.8, 4) is 0 Å². The molecule has 0 N–H and O–H groups in total. The van der Waals surface area contributed by atoms with Gasteiger partial charge in [-0.2, -0.15) is 0 Å². The number of nitrogens with zero attached hydrogens (tertiary/aromatic N) is 5. The van der Waals surface area contributed by atoms with Crippen LogP contribution in [-0.4, -0.2) is 62.9 Å². The van der Waals surface area contributed by atoms with Gasteiger partial charge in [-0.15, -0.1) is 5.10 Å². The average Bonchev–Trinajstić information content (AvgIpc) is 3.04. The smallest absolute Gasteiger partial charge is 0.276 e. The molecule has 1 aromatic rings. The second-order valence-corrected chi connectivity index (χ2v) is 8.37. The lowest BCUT2D eigenvalue weighted by molar-refractivity contribution is 0.0718. The molecular weight excluding hydrogens is 326 g/mol. The highest BCUT2D eigenvalue weighted by Gasteiger charge is 2.29. The van der Waals surface area contributed by atoms with Gasteiger partial charge in [-0.1, -0.05) is 30.9 Å². The quantitative estimate of drug-likeness (QED) is 0.777. The molecule has 2 aliphatic heterocycles. The summed E-state index contributed by atoms with van der Waals surface area (Å²) in [7, 11) is 0. The Hall–Kier alpha value is -1.43. The number of piperidine rings is 2. The van der Waals surface area contributed by atoms with E-state index in [1.807, 2.05) is 15.8 Å². The molecule has 0 bridgehead atoms. The first-order valence-corrected chi connectivity index (χ1v) is 10.8. The Morgan fingerprint density at radius 1 is 0.846 bits per heavy atom. The summed E-state index contributed by atoms with van der Waals surface area (Å²) in [5.41, 5.74) is 0.526. The van der Waals surface area contributed by atoms with Gasteiger partial charge in [-0.25, -0.2) is 4.68 Å². The first-order valence-electron chi connectivity index (χ1n) is 10.8. The highest BCUT2D eigenvalue weighted by Crippen LogP contribution is 2.28. The number of carbonyl (C=O) groups excluding carboxylic acids is 1. The van der Waals surface area contributed by atoms with Crippen molar-refractivity contribution in [1.82, 2.24) is 24.8 Å². The molecule has 0 aromatic carbocycles. The van der Waals surface area contributed by atoms with E-state index in [4.69, 9.17) is 0 Å². The minimum Gasteiger partial charge on any atom is -0.337 e. The van der Waals surface area contributed by atoms with E-state index in [1.165, 1.54) is 57.9 Å². The van der Waals surface area contributed by atoms with Crippen molar-refractivity contribution >= 4 is 5.91 Å². The Bertz CT molecular complexity index is 587. The molecule has 3 aliphatic rings. The molecule has 0 unspecified atom stereocenters. The Morgan fingerprint density at radius 2 is 1.54 bits per heavy atom. The molecule has 1 aromatic heterocycles. The average molecular weight is 360 g/mol. The minimum atomic E-state index is 0.0624. The molecule has 1 aliphatic carbocycles. The molecule has 144 valence electrons. The maximum absolute atomic E-state index is 12.6. The second kappa shape index (κ2) is 8.51. The Balaban J connectivity index is 1.39. The van der Waals surface area contributed by atoms with Crippen molar-refractivity contribution in [2.24, 2.45) is 0 Å². The fraction of sp³-hybridized carbons (Fsp3) is 0.850. The van der Waals surface area contributed by atoms with Gasteiger partial charge in [0, 0.05) is 25.7 Å². The van der Waals surface area contributed by atoms with E-state index < -0.39 is 0 Å². The van der Waals surface area contributed by atoms with Crippen LogP contribution in [0.2, 0.25) is 0 Å². The van der Waals surface area contributed by atoms with Gasteiger partial charge >= 0.3 is 0 Å². The van der Waals surface area contributed by atoms with Crippen LogP contribution in [-0.2, 0) is 0 Å². The van der Waals surface area contributed by atoms with Crippen LogP contribution in [0.3, 0.4) is 0 Å². The molecule has 6 heteroatoms. The number of aromatic nitrogens is 3. The number of amides is 1. The lowest BCUT2D eigenvalue weighted by Crippen LogP contribution is -2.43. The van der Waals surface area contributed by atoms with E-state index in [2.05, 4.69) is 15.2 Å². The number of hydrogen-bond acceptors (Lipinski definition) is 4. The third-order valence-electron chi connectivity index (χ3n) is 6.52. The van der Waals surface area contributed by atoms with Crippen molar-refractivity contribution < 1.29 is 4.79 Å². The van der Waals surface area contributed by atoms with Crippen LogP contribution >= 0.6 is 0 Å². The Kier molecular flexibility index (Phi) is 5.88. The van der Waals surface area contributed by atoms with Crippen LogP contribution in [0.5, 0.6) is 0 Å². The summed E-state index contributed by atoms with van der Waals surface area (Å²) in [5.74, 6) is 0.0624.